The molecule has 0 saturated carbocycles. The molecule has 0 radical (unpaired) electrons. The highest BCUT2D eigenvalue weighted by Crippen LogP contribution is 2.37. The van der Waals surface area contributed by atoms with Gasteiger partial charge in [0.05, 0.1) is 16.7 Å². The van der Waals surface area contributed by atoms with Gasteiger partial charge in [-0.05, 0) is 43.2 Å². The molecule has 6 nitrogen and oxygen atoms in total. The number of non-ortho nitro benzene ring substituents is 1. The Morgan fingerprint density at radius 1 is 1.26 bits per heavy atom. The molecule has 118 valence electrons. The predicted octanol–water partition coefficient (Wildman–Crippen LogP) is 3.55. The van der Waals surface area contributed by atoms with Crippen LogP contribution >= 0.6 is 11.6 Å². The van der Waals surface area contributed by atoms with Crippen LogP contribution < -0.4 is 5.32 Å². The number of nitrogens with zero attached hydrogens (tertiary/aromatic N) is 3. The van der Waals surface area contributed by atoms with Crippen LogP contribution in [0.2, 0.25) is 5.15 Å². The molecular weight excluding hydrogens is 316 g/mol. The van der Waals surface area contributed by atoms with Crippen molar-refractivity contribution >= 4 is 22.9 Å². The van der Waals surface area contributed by atoms with Crippen LogP contribution in [0, 0.1) is 10.1 Å². The topological polar surface area (TPSA) is 81.0 Å². The normalized spacial score (nSPS) is 18.1. The van der Waals surface area contributed by atoms with E-state index < -0.39 is 4.92 Å². The molecular formula is C16H15ClN4O2. The lowest BCUT2D eigenvalue weighted by Gasteiger charge is -2.29. The van der Waals surface area contributed by atoms with Gasteiger partial charge in [0.25, 0.3) is 5.69 Å². The first-order valence-electron chi connectivity index (χ1n) is 7.22. The maximum atomic E-state index is 10.8. The average molecular weight is 331 g/mol. The number of rotatable bonds is 3. The molecule has 1 aromatic heterocycles. The van der Waals surface area contributed by atoms with E-state index in [0.29, 0.717) is 10.8 Å². The smallest absolute Gasteiger partial charge is 0.269 e. The zero-order chi connectivity index (χ0) is 16.4. The monoisotopic (exact) mass is 330 g/mol. The second-order valence-corrected chi connectivity index (χ2v) is 5.73. The van der Waals surface area contributed by atoms with Gasteiger partial charge in [0.15, 0.2) is 5.15 Å². The molecule has 1 atom stereocenters. The molecule has 23 heavy (non-hydrogen) atoms. The summed E-state index contributed by atoms with van der Waals surface area (Å²) >= 11 is 6.20. The minimum atomic E-state index is -0.402. The van der Waals surface area contributed by atoms with E-state index in [1.807, 2.05) is 0 Å². The van der Waals surface area contributed by atoms with Crippen LogP contribution in [-0.4, -0.2) is 21.4 Å². The summed E-state index contributed by atoms with van der Waals surface area (Å²) in [6.07, 6.45) is 4.07. The molecule has 1 aliphatic heterocycles. The average Bonchev–Trinajstić information content (AvgIpc) is 2.55. The Morgan fingerprint density at radius 3 is 2.61 bits per heavy atom. The van der Waals surface area contributed by atoms with E-state index in [1.54, 1.807) is 24.5 Å². The van der Waals surface area contributed by atoms with Gasteiger partial charge in [-0.1, -0.05) is 17.2 Å². The van der Waals surface area contributed by atoms with E-state index in [2.05, 4.69) is 22.2 Å². The molecule has 0 bridgehead atoms. The van der Waals surface area contributed by atoms with Crippen LogP contribution in [0.4, 0.5) is 5.69 Å². The van der Waals surface area contributed by atoms with Crippen LogP contribution in [0.3, 0.4) is 0 Å². The molecule has 0 spiro atoms. The maximum Gasteiger partial charge on any atom is 0.269 e. The SMILES string of the molecule is CC1=C(c2ccc([N+](=O)[O-])cc2)C(c2nccnc2Cl)NCC1. The van der Waals surface area contributed by atoms with E-state index in [9.17, 15) is 10.1 Å². The number of nitrogens with one attached hydrogen (secondary N) is 1. The van der Waals surface area contributed by atoms with Crippen molar-refractivity contribution in [1.82, 2.24) is 15.3 Å². The van der Waals surface area contributed by atoms with E-state index >= 15 is 0 Å². The van der Waals surface area contributed by atoms with Gasteiger partial charge in [0.2, 0.25) is 0 Å². The van der Waals surface area contributed by atoms with Crippen molar-refractivity contribution in [2.45, 2.75) is 19.4 Å². The van der Waals surface area contributed by atoms with Gasteiger partial charge in [-0.2, -0.15) is 0 Å². The summed E-state index contributed by atoms with van der Waals surface area (Å²) in [6.45, 7) is 2.88. The third kappa shape index (κ3) is 3.09. The Labute approximate surface area is 138 Å². The summed E-state index contributed by atoms with van der Waals surface area (Å²) < 4.78 is 0. The molecule has 3 rings (SSSR count). The fraction of sp³-hybridized carbons (Fsp3) is 0.250. The molecule has 0 aliphatic carbocycles. The van der Waals surface area contributed by atoms with Crippen molar-refractivity contribution in [3.63, 3.8) is 0 Å². The van der Waals surface area contributed by atoms with Crippen LogP contribution in [0.15, 0.2) is 42.2 Å². The van der Waals surface area contributed by atoms with Gasteiger partial charge in [0, 0.05) is 24.5 Å². The third-order valence-electron chi connectivity index (χ3n) is 3.94. The Kier molecular flexibility index (Phi) is 4.36. The largest absolute Gasteiger partial charge is 0.305 e. The van der Waals surface area contributed by atoms with Crippen molar-refractivity contribution in [1.29, 1.82) is 0 Å². The van der Waals surface area contributed by atoms with Crippen LogP contribution in [0.25, 0.3) is 5.57 Å². The molecule has 0 fully saturated rings. The lowest BCUT2D eigenvalue weighted by molar-refractivity contribution is -0.384. The molecule has 2 heterocycles. The van der Waals surface area contributed by atoms with Crippen LogP contribution in [0.5, 0.6) is 0 Å². The van der Waals surface area contributed by atoms with Crippen molar-refractivity contribution in [2.75, 3.05) is 6.54 Å². The summed E-state index contributed by atoms with van der Waals surface area (Å²) in [7, 11) is 0. The first-order valence-corrected chi connectivity index (χ1v) is 7.60. The minimum Gasteiger partial charge on any atom is -0.305 e. The molecule has 0 amide bonds. The van der Waals surface area contributed by atoms with E-state index in [-0.39, 0.29) is 11.7 Å². The summed E-state index contributed by atoms with van der Waals surface area (Å²) in [5.41, 5.74) is 3.93. The molecule has 1 unspecified atom stereocenters. The maximum absolute atomic E-state index is 10.8. The Bertz CT molecular complexity index is 774. The zero-order valence-corrected chi connectivity index (χ0v) is 13.2. The van der Waals surface area contributed by atoms with Gasteiger partial charge in [-0.15, -0.1) is 0 Å². The Morgan fingerprint density at radius 2 is 1.96 bits per heavy atom. The fourth-order valence-electron chi connectivity index (χ4n) is 2.82. The quantitative estimate of drug-likeness (QED) is 0.687. The lowest BCUT2D eigenvalue weighted by atomic mass is 9.88. The summed E-state index contributed by atoms with van der Waals surface area (Å²) in [6, 6.07) is 6.38. The van der Waals surface area contributed by atoms with Crippen LogP contribution in [0.1, 0.15) is 30.6 Å². The second kappa shape index (κ2) is 6.44. The number of halogens is 1. The highest BCUT2D eigenvalue weighted by atomic mass is 35.5. The first kappa shape index (κ1) is 15.6. The van der Waals surface area contributed by atoms with Gasteiger partial charge < -0.3 is 5.32 Å². The van der Waals surface area contributed by atoms with Gasteiger partial charge in [-0.3, -0.25) is 15.1 Å². The van der Waals surface area contributed by atoms with E-state index in [1.165, 1.54) is 17.7 Å². The van der Waals surface area contributed by atoms with Gasteiger partial charge >= 0.3 is 0 Å². The standard InChI is InChI=1S/C16H15ClN4O2/c1-10-6-7-18-14(15-16(17)20-9-8-19-15)13(10)11-2-4-12(5-3-11)21(22)23/h2-5,8-9,14,18H,6-7H2,1H3. The molecule has 7 heteroatoms. The Hall–Kier alpha value is -2.31. The summed E-state index contributed by atoms with van der Waals surface area (Å²) in [5, 5.41) is 14.6. The number of nitro groups is 1. The van der Waals surface area contributed by atoms with Gasteiger partial charge in [-0.25, -0.2) is 4.98 Å². The van der Waals surface area contributed by atoms with Crippen molar-refractivity contribution in [3.05, 3.63) is 68.8 Å². The number of nitro benzene ring substituents is 1. The summed E-state index contributed by atoms with van der Waals surface area (Å²) in [5.74, 6) is 0. The van der Waals surface area contributed by atoms with E-state index in [0.717, 1.165) is 24.1 Å². The van der Waals surface area contributed by atoms with E-state index in [4.69, 9.17) is 11.6 Å². The number of benzene rings is 1. The Balaban J connectivity index is 2.06. The van der Waals surface area contributed by atoms with Crippen molar-refractivity contribution in [3.8, 4) is 0 Å². The number of aromatic nitrogens is 2. The second-order valence-electron chi connectivity index (χ2n) is 5.37. The molecule has 1 N–H and O–H groups in total. The predicted molar refractivity (Wildman–Crippen MR) is 88.1 cm³/mol. The molecule has 2 aromatic rings. The number of hydrogen-bond acceptors (Lipinski definition) is 5. The zero-order valence-electron chi connectivity index (χ0n) is 12.5. The van der Waals surface area contributed by atoms with Gasteiger partial charge in [0.1, 0.15) is 0 Å². The highest BCUT2D eigenvalue weighted by molar-refractivity contribution is 6.30. The highest BCUT2D eigenvalue weighted by Gasteiger charge is 2.27. The van der Waals surface area contributed by atoms with Crippen LogP contribution in [-0.2, 0) is 0 Å². The third-order valence-corrected chi connectivity index (χ3v) is 4.23. The number of hydrogen-bond donors (Lipinski definition) is 1. The molecule has 1 aromatic carbocycles. The minimum absolute atomic E-state index is 0.0739. The van der Waals surface area contributed by atoms with Crippen molar-refractivity contribution in [2.24, 2.45) is 0 Å². The molecule has 1 aliphatic rings. The summed E-state index contributed by atoms with van der Waals surface area (Å²) in [4.78, 5) is 18.9. The first-order chi connectivity index (χ1) is 11.1. The lowest BCUT2D eigenvalue weighted by Crippen LogP contribution is -2.29. The molecule has 0 saturated heterocycles. The van der Waals surface area contributed by atoms with Crippen molar-refractivity contribution < 1.29 is 4.92 Å². The fourth-order valence-corrected chi connectivity index (χ4v) is 3.04.